The van der Waals surface area contributed by atoms with Crippen LogP contribution in [0.3, 0.4) is 0 Å². The fourth-order valence-electron chi connectivity index (χ4n) is 3.49. The molecule has 0 saturated carbocycles. The fourth-order valence-corrected chi connectivity index (χ4v) is 3.49. The molecule has 3 aliphatic heterocycles. The van der Waals surface area contributed by atoms with Gasteiger partial charge < -0.3 is 10.0 Å². The van der Waals surface area contributed by atoms with Crippen molar-refractivity contribution in [3.05, 3.63) is 35.4 Å². The molecule has 0 spiro atoms. The molecule has 2 bridgehead atoms. The summed E-state index contributed by atoms with van der Waals surface area (Å²) in [6.07, 6.45) is 6.38. The van der Waals surface area contributed by atoms with Crippen LogP contribution in [0.1, 0.15) is 41.6 Å². The van der Waals surface area contributed by atoms with Gasteiger partial charge in [-0.15, -0.1) is 0 Å². The van der Waals surface area contributed by atoms with E-state index < -0.39 is 5.97 Å². The molecule has 0 unspecified atom stereocenters. The minimum Gasteiger partial charge on any atom is -0.478 e. The van der Waals surface area contributed by atoms with E-state index in [1.54, 1.807) is 12.1 Å². The van der Waals surface area contributed by atoms with Crippen LogP contribution in [0, 0.1) is 5.41 Å². The van der Waals surface area contributed by atoms with E-state index in [0.717, 1.165) is 6.42 Å². The summed E-state index contributed by atoms with van der Waals surface area (Å²) in [5, 5.41) is 8.89. The number of piperidine rings is 3. The fraction of sp³-hybridized carbons (Fsp3) is 0.562. The normalized spacial score (nSPS) is 29.4. The van der Waals surface area contributed by atoms with Gasteiger partial charge in [-0.3, -0.25) is 0 Å². The largest absolute Gasteiger partial charge is 0.478 e. The molecule has 1 aromatic carbocycles. The second-order valence-electron chi connectivity index (χ2n) is 6.09. The van der Waals surface area contributed by atoms with Crippen LogP contribution in [0.25, 0.3) is 0 Å². The number of fused-ring (bicyclic) bond motifs is 3. The first-order valence-corrected chi connectivity index (χ1v) is 7.22. The zero-order valence-corrected chi connectivity index (χ0v) is 11.3. The van der Waals surface area contributed by atoms with Gasteiger partial charge in [-0.1, -0.05) is 12.1 Å². The molecule has 1 N–H and O–H groups in total. The van der Waals surface area contributed by atoms with Crippen LogP contribution in [0.5, 0.6) is 0 Å². The van der Waals surface area contributed by atoms with Crippen molar-refractivity contribution in [3.8, 4) is 0 Å². The van der Waals surface area contributed by atoms with Crippen LogP contribution in [-0.4, -0.2) is 35.6 Å². The molecule has 3 nitrogen and oxygen atoms in total. The van der Waals surface area contributed by atoms with Crippen LogP contribution >= 0.6 is 0 Å². The van der Waals surface area contributed by atoms with Crippen molar-refractivity contribution in [2.24, 2.45) is 5.41 Å². The number of aryl methyl sites for hydroxylation is 1. The van der Waals surface area contributed by atoms with Crippen molar-refractivity contribution in [3.63, 3.8) is 0 Å². The molecule has 4 rings (SSSR count). The Hall–Kier alpha value is -1.35. The number of hydrogen-bond donors (Lipinski definition) is 1. The minimum absolute atomic E-state index is 0.382. The first-order valence-electron chi connectivity index (χ1n) is 7.22. The molecule has 0 aromatic heterocycles. The molecule has 0 radical (unpaired) electrons. The number of nitrogens with zero attached hydrogens (tertiary/aromatic N) is 1. The maximum absolute atomic E-state index is 10.8. The molecule has 102 valence electrons. The average Bonchev–Trinajstić information content (AvgIpc) is 2.48. The van der Waals surface area contributed by atoms with Crippen molar-refractivity contribution in [1.29, 1.82) is 0 Å². The van der Waals surface area contributed by atoms with Crippen LogP contribution in [-0.2, 0) is 6.42 Å². The highest BCUT2D eigenvalue weighted by molar-refractivity contribution is 5.87. The Morgan fingerprint density at radius 3 is 2.21 bits per heavy atom. The van der Waals surface area contributed by atoms with Crippen molar-refractivity contribution >= 4 is 5.97 Å². The van der Waals surface area contributed by atoms with Gasteiger partial charge in [0.05, 0.1) is 5.56 Å². The number of aromatic carboxylic acids is 1. The van der Waals surface area contributed by atoms with Crippen LogP contribution in [0.15, 0.2) is 24.3 Å². The Morgan fingerprint density at radius 1 is 1.11 bits per heavy atom. The predicted octanol–water partition coefficient (Wildman–Crippen LogP) is 2.80. The van der Waals surface area contributed by atoms with Crippen molar-refractivity contribution in [1.82, 2.24) is 4.90 Å². The molecule has 3 fully saturated rings. The Balaban J connectivity index is 1.61. The highest BCUT2D eigenvalue weighted by Gasteiger charge is 2.38. The second kappa shape index (κ2) is 4.97. The van der Waals surface area contributed by atoms with Gasteiger partial charge >= 0.3 is 5.97 Å². The molecule has 3 heterocycles. The number of benzene rings is 1. The van der Waals surface area contributed by atoms with Crippen LogP contribution in [0.2, 0.25) is 0 Å². The predicted molar refractivity (Wildman–Crippen MR) is 74.4 cm³/mol. The molecule has 1 aromatic rings. The maximum atomic E-state index is 10.8. The maximum Gasteiger partial charge on any atom is 0.335 e. The summed E-state index contributed by atoms with van der Waals surface area (Å²) in [4.78, 5) is 13.4. The standard InChI is InChI=1S/C16H21NO2/c18-15(19)14-3-1-13(2-4-14)5-6-16-7-10-17(11-8-16)12-9-16/h1-4H,5-12H2,(H,18,19). The first kappa shape index (κ1) is 12.7. The Bertz CT molecular complexity index is 444. The monoisotopic (exact) mass is 259 g/mol. The van der Waals surface area contributed by atoms with Gasteiger partial charge in [-0.05, 0) is 74.8 Å². The zero-order chi connectivity index (χ0) is 13.3. The van der Waals surface area contributed by atoms with Crippen molar-refractivity contribution in [2.75, 3.05) is 19.6 Å². The Kier molecular flexibility index (Phi) is 3.31. The summed E-state index contributed by atoms with van der Waals surface area (Å²) in [6.45, 7) is 3.83. The zero-order valence-electron chi connectivity index (χ0n) is 11.3. The lowest BCUT2D eigenvalue weighted by Crippen LogP contribution is -2.48. The molecule has 0 atom stereocenters. The third kappa shape index (κ3) is 2.66. The van der Waals surface area contributed by atoms with Gasteiger partial charge in [-0.2, -0.15) is 0 Å². The molecular weight excluding hydrogens is 238 g/mol. The highest BCUT2D eigenvalue weighted by atomic mass is 16.4. The smallest absolute Gasteiger partial charge is 0.335 e. The molecule has 3 aliphatic rings. The number of carboxylic acid groups (broad SMARTS) is 1. The third-order valence-corrected chi connectivity index (χ3v) is 5.02. The van der Waals surface area contributed by atoms with Gasteiger partial charge in [0.15, 0.2) is 0 Å². The molecule has 0 aliphatic carbocycles. The lowest BCUT2D eigenvalue weighted by Gasteiger charge is -2.48. The van der Waals surface area contributed by atoms with Gasteiger partial charge in [0.1, 0.15) is 0 Å². The second-order valence-corrected chi connectivity index (χ2v) is 6.09. The SMILES string of the molecule is O=C(O)c1ccc(CCC23CCN(CC2)CC3)cc1. The molecule has 3 heteroatoms. The van der Waals surface area contributed by atoms with E-state index in [9.17, 15) is 4.79 Å². The van der Waals surface area contributed by atoms with Crippen LogP contribution < -0.4 is 0 Å². The molecular formula is C16H21NO2. The summed E-state index contributed by atoms with van der Waals surface area (Å²) < 4.78 is 0. The average molecular weight is 259 g/mol. The molecule has 0 amide bonds. The summed E-state index contributed by atoms with van der Waals surface area (Å²) in [7, 11) is 0. The summed E-state index contributed by atoms with van der Waals surface area (Å²) in [6, 6.07) is 7.38. The Morgan fingerprint density at radius 2 is 1.68 bits per heavy atom. The lowest BCUT2D eigenvalue weighted by atomic mass is 9.69. The van der Waals surface area contributed by atoms with Gasteiger partial charge in [0.25, 0.3) is 0 Å². The molecule has 3 saturated heterocycles. The van der Waals surface area contributed by atoms with E-state index in [1.165, 1.54) is 50.9 Å². The number of carbonyl (C=O) groups is 1. The van der Waals surface area contributed by atoms with E-state index in [4.69, 9.17) is 5.11 Å². The highest BCUT2D eigenvalue weighted by Crippen LogP contribution is 2.43. The Labute approximate surface area is 114 Å². The van der Waals surface area contributed by atoms with Crippen molar-refractivity contribution < 1.29 is 9.90 Å². The van der Waals surface area contributed by atoms with Gasteiger partial charge in [0.2, 0.25) is 0 Å². The topological polar surface area (TPSA) is 40.5 Å². The van der Waals surface area contributed by atoms with E-state index in [2.05, 4.69) is 4.90 Å². The third-order valence-electron chi connectivity index (χ3n) is 5.02. The summed E-state index contributed by atoms with van der Waals surface area (Å²) in [5.41, 5.74) is 2.22. The van der Waals surface area contributed by atoms with E-state index in [1.807, 2.05) is 12.1 Å². The molecule has 19 heavy (non-hydrogen) atoms. The summed E-state index contributed by atoms with van der Waals surface area (Å²) >= 11 is 0. The van der Waals surface area contributed by atoms with E-state index in [0.29, 0.717) is 11.0 Å². The number of hydrogen-bond acceptors (Lipinski definition) is 2. The lowest BCUT2D eigenvalue weighted by molar-refractivity contribution is 0.0201. The van der Waals surface area contributed by atoms with Crippen molar-refractivity contribution in [2.45, 2.75) is 32.1 Å². The van der Waals surface area contributed by atoms with Gasteiger partial charge in [0, 0.05) is 0 Å². The number of rotatable bonds is 4. The first-order chi connectivity index (χ1) is 9.17. The van der Waals surface area contributed by atoms with Crippen LogP contribution in [0.4, 0.5) is 0 Å². The number of carboxylic acids is 1. The quantitative estimate of drug-likeness (QED) is 0.904. The minimum atomic E-state index is -0.843. The summed E-state index contributed by atoms with van der Waals surface area (Å²) in [5.74, 6) is -0.843. The van der Waals surface area contributed by atoms with Gasteiger partial charge in [-0.25, -0.2) is 4.79 Å². The van der Waals surface area contributed by atoms with E-state index >= 15 is 0 Å². The van der Waals surface area contributed by atoms with E-state index in [-0.39, 0.29) is 0 Å².